The average molecular weight is 405 g/mol. The van der Waals surface area contributed by atoms with E-state index in [1.54, 1.807) is 6.33 Å². The van der Waals surface area contributed by atoms with Crippen molar-refractivity contribution in [1.29, 1.82) is 0 Å². The second kappa shape index (κ2) is 6.54. The summed E-state index contributed by atoms with van der Waals surface area (Å²) >= 11 is 7.24. The molecule has 1 aliphatic carbocycles. The van der Waals surface area contributed by atoms with Gasteiger partial charge in [-0.15, -0.1) is 23.1 Å². The zero-order valence-electron chi connectivity index (χ0n) is 12.9. The fourth-order valence-electron chi connectivity index (χ4n) is 3.13. The van der Waals surface area contributed by atoms with Crippen LogP contribution in [0.2, 0.25) is 0 Å². The third-order valence-corrected chi connectivity index (χ3v) is 7.04. The van der Waals surface area contributed by atoms with Crippen LogP contribution in [0.15, 0.2) is 40.1 Å². The van der Waals surface area contributed by atoms with E-state index in [4.69, 9.17) is 0 Å². The maximum absolute atomic E-state index is 4.59. The van der Waals surface area contributed by atoms with Crippen molar-refractivity contribution in [2.75, 3.05) is 0 Å². The molecule has 2 nitrogen and oxygen atoms in total. The molecule has 3 aromatic rings. The third-order valence-electron chi connectivity index (χ3n) is 4.32. The highest BCUT2D eigenvalue weighted by atomic mass is 79.9. The second-order valence-corrected chi connectivity index (χ2v) is 9.09. The predicted molar refractivity (Wildman–Crippen MR) is 102 cm³/mol. The van der Waals surface area contributed by atoms with Gasteiger partial charge in [-0.05, 0) is 48.4 Å². The van der Waals surface area contributed by atoms with Crippen LogP contribution in [0, 0.1) is 5.92 Å². The van der Waals surface area contributed by atoms with E-state index in [9.17, 15) is 0 Å². The smallest absolute Gasteiger partial charge is 0.128 e. The van der Waals surface area contributed by atoms with Crippen LogP contribution in [-0.4, -0.2) is 9.97 Å². The van der Waals surface area contributed by atoms with Crippen LogP contribution in [0.5, 0.6) is 0 Å². The summed E-state index contributed by atoms with van der Waals surface area (Å²) in [6.07, 6.45) is 5.38. The number of rotatable bonds is 3. The molecule has 0 spiro atoms. The number of thiophene rings is 1. The van der Waals surface area contributed by atoms with E-state index in [-0.39, 0.29) is 0 Å². The van der Waals surface area contributed by atoms with E-state index < -0.39 is 0 Å². The minimum Gasteiger partial charge on any atom is -0.229 e. The second-order valence-electron chi connectivity index (χ2n) is 6.13. The van der Waals surface area contributed by atoms with Gasteiger partial charge >= 0.3 is 0 Å². The molecule has 2 aromatic heterocycles. The molecule has 0 saturated carbocycles. The van der Waals surface area contributed by atoms with Gasteiger partial charge in [0.15, 0.2) is 0 Å². The van der Waals surface area contributed by atoms with Gasteiger partial charge in [0.2, 0.25) is 0 Å². The van der Waals surface area contributed by atoms with Crippen LogP contribution >= 0.6 is 39.0 Å². The van der Waals surface area contributed by atoms with Crippen LogP contribution in [0.3, 0.4) is 0 Å². The number of benzene rings is 1. The number of aryl methyl sites for hydroxylation is 1. The molecule has 23 heavy (non-hydrogen) atoms. The van der Waals surface area contributed by atoms with E-state index in [0.29, 0.717) is 0 Å². The standard InChI is InChI=1S/C18H17BrN2S2/c1-11-5-6-14-15(7-11)23-18-16(14)17(20-10-21-18)22-9-12-3-2-4-13(19)8-12/h2-4,8,10-11H,5-7,9H2,1H3/t11-/m1/s1. The van der Waals surface area contributed by atoms with Crippen LogP contribution in [0.4, 0.5) is 0 Å². The van der Waals surface area contributed by atoms with Crippen molar-refractivity contribution in [2.24, 2.45) is 5.92 Å². The molecule has 0 fully saturated rings. The number of fused-ring (bicyclic) bond motifs is 3. The molecule has 0 radical (unpaired) electrons. The molecule has 0 unspecified atom stereocenters. The lowest BCUT2D eigenvalue weighted by Crippen LogP contribution is -2.08. The summed E-state index contributed by atoms with van der Waals surface area (Å²) < 4.78 is 1.13. The van der Waals surface area contributed by atoms with E-state index >= 15 is 0 Å². The quantitative estimate of drug-likeness (QED) is 0.403. The number of thioether (sulfide) groups is 1. The van der Waals surface area contributed by atoms with Crippen LogP contribution < -0.4 is 0 Å². The lowest BCUT2D eigenvalue weighted by atomic mass is 9.89. The van der Waals surface area contributed by atoms with Crippen LogP contribution in [-0.2, 0) is 18.6 Å². The monoisotopic (exact) mass is 404 g/mol. The lowest BCUT2D eigenvalue weighted by Gasteiger charge is -2.18. The van der Waals surface area contributed by atoms with Crippen LogP contribution in [0.1, 0.15) is 29.3 Å². The Kier molecular flexibility index (Phi) is 4.43. The Morgan fingerprint density at radius 2 is 2.26 bits per heavy atom. The van der Waals surface area contributed by atoms with Gasteiger partial charge in [0.25, 0.3) is 0 Å². The van der Waals surface area contributed by atoms with Crippen molar-refractivity contribution >= 4 is 49.2 Å². The molecular weight excluding hydrogens is 388 g/mol. The number of aromatic nitrogens is 2. The summed E-state index contributed by atoms with van der Waals surface area (Å²) in [5.41, 5.74) is 2.83. The fourth-order valence-corrected chi connectivity index (χ4v) is 5.96. The zero-order valence-corrected chi connectivity index (χ0v) is 16.1. The maximum atomic E-state index is 4.59. The molecule has 118 valence electrons. The van der Waals surface area contributed by atoms with E-state index in [1.807, 2.05) is 23.1 Å². The van der Waals surface area contributed by atoms with Crippen molar-refractivity contribution < 1.29 is 0 Å². The average Bonchev–Trinajstić information content (AvgIpc) is 2.91. The van der Waals surface area contributed by atoms with Gasteiger partial charge in [-0.25, -0.2) is 9.97 Å². The largest absolute Gasteiger partial charge is 0.229 e. The molecule has 0 N–H and O–H groups in total. The first-order valence-electron chi connectivity index (χ1n) is 7.83. The molecule has 4 rings (SSSR count). The molecule has 1 atom stereocenters. The first-order chi connectivity index (χ1) is 11.2. The Morgan fingerprint density at radius 3 is 3.13 bits per heavy atom. The Bertz CT molecular complexity index is 859. The van der Waals surface area contributed by atoms with E-state index in [2.05, 4.69) is 57.1 Å². The van der Waals surface area contributed by atoms with Crippen molar-refractivity contribution in [3.63, 3.8) is 0 Å². The van der Waals surface area contributed by atoms with Crippen molar-refractivity contribution in [2.45, 2.75) is 37.0 Å². The Balaban J connectivity index is 1.67. The van der Waals surface area contributed by atoms with Gasteiger partial charge in [0.05, 0.1) is 0 Å². The minimum absolute atomic E-state index is 0.793. The molecular formula is C18H17BrN2S2. The molecule has 5 heteroatoms. The van der Waals surface area contributed by atoms with Gasteiger partial charge in [0, 0.05) is 20.5 Å². The summed E-state index contributed by atoms with van der Waals surface area (Å²) in [4.78, 5) is 11.8. The maximum Gasteiger partial charge on any atom is 0.128 e. The molecule has 0 saturated heterocycles. The highest BCUT2D eigenvalue weighted by molar-refractivity contribution is 9.10. The Morgan fingerprint density at radius 1 is 1.35 bits per heavy atom. The summed E-state index contributed by atoms with van der Waals surface area (Å²) in [6.45, 7) is 2.35. The minimum atomic E-state index is 0.793. The number of hydrogen-bond donors (Lipinski definition) is 0. The van der Waals surface area contributed by atoms with Gasteiger partial charge in [-0.3, -0.25) is 0 Å². The van der Waals surface area contributed by atoms with Gasteiger partial charge in [0.1, 0.15) is 16.2 Å². The molecule has 1 aliphatic rings. The summed E-state index contributed by atoms with van der Waals surface area (Å²) in [5.74, 6) is 1.73. The molecule has 0 bridgehead atoms. The van der Waals surface area contributed by atoms with E-state index in [1.165, 1.54) is 40.7 Å². The molecule has 1 aromatic carbocycles. The van der Waals surface area contributed by atoms with E-state index in [0.717, 1.165) is 26.0 Å². The highest BCUT2D eigenvalue weighted by Gasteiger charge is 2.23. The van der Waals surface area contributed by atoms with Gasteiger partial charge < -0.3 is 0 Å². The molecule has 0 amide bonds. The number of halogens is 1. The number of hydrogen-bond acceptors (Lipinski definition) is 4. The molecule has 2 heterocycles. The van der Waals surface area contributed by atoms with Crippen LogP contribution in [0.25, 0.3) is 10.2 Å². The summed E-state index contributed by atoms with van der Waals surface area (Å²) in [6, 6.07) is 8.49. The topological polar surface area (TPSA) is 25.8 Å². The van der Waals surface area contributed by atoms with Gasteiger partial charge in [-0.2, -0.15) is 0 Å². The molecule has 0 aliphatic heterocycles. The number of nitrogens with zero attached hydrogens (tertiary/aromatic N) is 2. The lowest BCUT2D eigenvalue weighted by molar-refractivity contribution is 0.509. The normalized spacial score (nSPS) is 17.4. The fraction of sp³-hybridized carbons (Fsp3) is 0.333. The first kappa shape index (κ1) is 15.6. The van der Waals surface area contributed by atoms with Crippen molar-refractivity contribution in [1.82, 2.24) is 9.97 Å². The third kappa shape index (κ3) is 3.19. The Labute approximate surface area is 152 Å². The van der Waals surface area contributed by atoms with Gasteiger partial charge in [-0.1, -0.05) is 35.0 Å². The zero-order chi connectivity index (χ0) is 15.8. The highest BCUT2D eigenvalue weighted by Crippen LogP contribution is 2.41. The predicted octanol–water partition coefficient (Wildman–Crippen LogP) is 5.87. The van der Waals surface area contributed by atoms with Crippen molar-refractivity contribution in [3.05, 3.63) is 51.1 Å². The summed E-state index contributed by atoms with van der Waals surface area (Å²) in [5, 5.41) is 2.46. The summed E-state index contributed by atoms with van der Waals surface area (Å²) in [7, 11) is 0. The Hall–Kier alpha value is -0.910. The van der Waals surface area contributed by atoms with Crippen molar-refractivity contribution in [3.8, 4) is 0 Å². The SMILES string of the molecule is C[C@@H]1CCc2c(sc3ncnc(SCc4cccc(Br)c4)c23)C1. The first-order valence-corrected chi connectivity index (χ1v) is 10.4.